The smallest absolute Gasteiger partial charge is 0.267 e. The number of aryl methyl sites for hydroxylation is 1. The number of carbonyl (C=O) groups excluding carboxylic acids is 1. The summed E-state index contributed by atoms with van der Waals surface area (Å²) in [7, 11) is 1.90. The maximum absolute atomic E-state index is 12.1. The zero-order chi connectivity index (χ0) is 13.8. The van der Waals surface area contributed by atoms with Crippen molar-refractivity contribution in [3.63, 3.8) is 0 Å². The fraction of sp³-hybridized carbons (Fsp3) is 0.400. The molecule has 0 aliphatic carbocycles. The average Bonchev–Trinajstić information content (AvgIpc) is 2.74. The molecule has 1 aromatic carbocycles. The highest BCUT2D eigenvalue weighted by Gasteiger charge is 2.13. The standard InChI is InChI=1S/C15H20N2O2/c1-11(7-8-18)10-16-15(19)14-9-12-5-3-4-6-13(12)17(14)2/h3-6,9,11,18H,7-8,10H2,1-2H3,(H,16,19). The molecule has 1 heterocycles. The van der Waals surface area contributed by atoms with Crippen LogP contribution in [0.3, 0.4) is 0 Å². The molecule has 0 saturated carbocycles. The molecule has 2 rings (SSSR count). The number of aliphatic hydroxyl groups excluding tert-OH is 1. The summed E-state index contributed by atoms with van der Waals surface area (Å²) in [6, 6.07) is 9.84. The lowest BCUT2D eigenvalue weighted by atomic mass is 10.1. The van der Waals surface area contributed by atoms with Crippen LogP contribution in [0.2, 0.25) is 0 Å². The van der Waals surface area contributed by atoms with Crippen LogP contribution in [0.15, 0.2) is 30.3 Å². The highest BCUT2D eigenvalue weighted by molar-refractivity contribution is 5.98. The molecule has 1 aromatic heterocycles. The molecular formula is C15H20N2O2. The zero-order valence-electron chi connectivity index (χ0n) is 11.4. The van der Waals surface area contributed by atoms with Gasteiger partial charge in [-0.15, -0.1) is 0 Å². The number of hydrogen-bond acceptors (Lipinski definition) is 2. The van der Waals surface area contributed by atoms with E-state index in [0.29, 0.717) is 18.7 Å². The fourth-order valence-corrected chi connectivity index (χ4v) is 2.19. The topological polar surface area (TPSA) is 54.3 Å². The van der Waals surface area contributed by atoms with Crippen molar-refractivity contribution in [3.05, 3.63) is 36.0 Å². The molecule has 1 atom stereocenters. The molecule has 0 spiro atoms. The van der Waals surface area contributed by atoms with Gasteiger partial charge >= 0.3 is 0 Å². The van der Waals surface area contributed by atoms with Crippen LogP contribution in [0.4, 0.5) is 0 Å². The Labute approximate surface area is 113 Å². The second kappa shape index (κ2) is 5.89. The molecule has 4 nitrogen and oxygen atoms in total. The number of carbonyl (C=O) groups is 1. The van der Waals surface area contributed by atoms with Gasteiger partial charge in [-0.05, 0) is 24.5 Å². The normalized spacial score (nSPS) is 12.6. The van der Waals surface area contributed by atoms with Gasteiger partial charge in [-0.2, -0.15) is 0 Å². The first-order valence-corrected chi connectivity index (χ1v) is 6.57. The lowest BCUT2D eigenvalue weighted by molar-refractivity contribution is 0.0937. The maximum atomic E-state index is 12.1. The summed E-state index contributed by atoms with van der Waals surface area (Å²) >= 11 is 0. The molecular weight excluding hydrogens is 240 g/mol. The molecule has 1 unspecified atom stereocenters. The summed E-state index contributed by atoms with van der Waals surface area (Å²) in [5.74, 6) is 0.215. The summed E-state index contributed by atoms with van der Waals surface area (Å²) in [4.78, 5) is 12.1. The van der Waals surface area contributed by atoms with Crippen LogP contribution < -0.4 is 5.32 Å². The van der Waals surface area contributed by atoms with Gasteiger partial charge in [0.15, 0.2) is 0 Å². The molecule has 0 aliphatic heterocycles. The Bertz CT molecular complexity index is 575. The molecule has 0 radical (unpaired) electrons. The van der Waals surface area contributed by atoms with E-state index < -0.39 is 0 Å². The zero-order valence-corrected chi connectivity index (χ0v) is 11.4. The highest BCUT2D eigenvalue weighted by atomic mass is 16.3. The van der Waals surface area contributed by atoms with E-state index in [0.717, 1.165) is 10.9 Å². The Morgan fingerprint density at radius 3 is 2.84 bits per heavy atom. The SMILES string of the molecule is CC(CCO)CNC(=O)c1cc2ccccc2n1C. The van der Waals surface area contributed by atoms with E-state index in [4.69, 9.17) is 5.11 Å². The van der Waals surface area contributed by atoms with E-state index in [1.54, 1.807) is 0 Å². The molecule has 2 N–H and O–H groups in total. The van der Waals surface area contributed by atoms with E-state index >= 15 is 0 Å². The number of aliphatic hydroxyl groups is 1. The van der Waals surface area contributed by atoms with Crippen molar-refractivity contribution in [2.24, 2.45) is 13.0 Å². The predicted molar refractivity (Wildman–Crippen MR) is 76.1 cm³/mol. The first-order chi connectivity index (χ1) is 9.13. The first kappa shape index (κ1) is 13.6. The van der Waals surface area contributed by atoms with Gasteiger partial charge in [-0.25, -0.2) is 0 Å². The number of nitrogens with zero attached hydrogens (tertiary/aromatic N) is 1. The Morgan fingerprint density at radius 1 is 1.42 bits per heavy atom. The number of hydrogen-bond donors (Lipinski definition) is 2. The second-order valence-electron chi connectivity index (χ2n) is 4.97. The first-order valence-electron chi connectivity index (χ1n) is 6.57. The van der Waals surface area contributed by atoms with Gasteiger partial charge in [0.2, 0.25) is 0 Å². The largest absolute Gasteiger partial charge is 0.396 e. The van der Waals surface area contributed by atoms with Crippen molar-refractivity contribution in [1.82, 2.24) is 9.88 Å². The lowest BCUT2D eigenvalue weighted by Gasteiger charge is -2.11. The van der Waals surface area contributed by atoms with E-state index in [-0.39, 0.29) is 18.4 Å². The van der Waals surface area contributed by atoms with Crippen LogP contribution >= 0.6 is 0 Å². The van der Waals surface area contributed by atoms with Gasteiger partial charge in [0.05, 0.1) is 0 Å². The van der Waals surface area contributed by atoms with Crippen LogP contribution in [-0.2, 0) is 7.05 Å². The van der Waals surface area contributed by atoms with Gasteiger partial charge in [0, 0.05) is 31.1 Å². The Balaban J connectivity index is 2.11. The molecule has 1 amide bonds. The minimum Gasteiger partial charge on any atom is -0.396 e. The maximum Gasteiger partial charge on any atom is 0.267 e. The van der Waals surface area contributed by atoms with E-state index in [9.17, 15) is 4.79 Å². The van der Waals surface area contributed by atoms with Crippen LogP contribution in [0.25, 0.3) is 10.9 Å². The Morgan fingerprint density at radius 2 is 2.16 bits per heavy atom. The van der Waals surface area contributed by atoms with Crippen molar-refractivity contribution in [2.75, 3.05) is 13.2 Å². The third kappa shape index (κ3) is 2.96. The number of rotatable bonds is 5. The molecule has 0 saturated heterocycles. The van der Waals surface area contributed by atoms with Crippen molar-refractivity contribution in [1.29, 1.82) is 0 Å². The van der Waals surface area contributed by atoms with Crippen molar-refractivity contribution < 1.29 is 9.90 Å². The Hall–Kier alpha value is -1.81. The van der Waals surface area contributed by atoms with Gasteiger partial charge in [-0.3, -0.25) is 4.79 Å². The monoisotopic (exact) mass is 260 g/mol. The molecule has 19 heavy (non-hydrogen) atoms. The number of amides is 1. The summed E-state index contributed by atoms with van der Waals surface area (Å²) < 4.78 is 1.90. The highest BCUT2D eigenvalue weighted by Crippen LogP contribution is 2.18. The summed E-state index contributed by atoms with van der Waals surface area (Å²) in [5.41, 5.74) is 1.72. The Kier molecular flexibility index (Phi) is 4.22. The van der Waals surface area contributed by atoms with Gasteiger partial charge in [-0.1, -0.05) is 25.1 Å². The third-order valence-corrected chi connectivity index (χ3v) is 3.42. The van der Waals surface area contributed by atoms with E-state index in [1.807, 2.05) is 48.9 Å². The summed E-state index contributed by atoms with van der Waals surface area (Å²) in [6.45, 7) is 2.75. The van der Waals surface area contributed by atoms with Crippen LogP contribution in [0.5, 0.6) is 0 Å². The van der Waals surface area contributed by atoms with Crippen LogP contribution in [0.1, 0.15) is 23.8 Å². The predicted octanol–water partition coefficient (Wildman–Crippen LogP) is 1.93. The van der Waals surface area contributed by atoms with Crippen LogP contribution in [0, 0.1) is 5.92 Å². The molecule has 0 aliphatic rings. The number of aromatic nitrogens is 1. The fourth-order valence-electron chi connectivity index (χ4n) is 2.19. The lowest BCUT2D eigenvalue weighted by Crippen LogP contribution is -2.29. The summed E-state index contributed by atoms with van der Waals surface area (Å²) in [5, 5.41) is 12.8. The number of fused-ring (bicyclic) bond motifs is 1. The minimum atomic E-state index is -0.0662. The second-order valence-corrected chi connectivity index (χ2v) is 4.97. The molecule has 0 fully saturated rings. The number of para-hydroxylation sites is 1. The van der Waals surface area contributed by atoms with E-state index in [1.165, 1.54) is 0 Å². The van der Waals surface area contributed by atoms with Gasteiger partial charge in [0.1, 0.15) is 5.69 Å². The van der Waals surface area contributed by atoms with Crippen LogP contribution in [-0.4, -0.2) is 28.7 Å². The quantitative estimate of drug-likeness (QED) is 0.863. The number of benzene rings is 1. The molecule has 4 heteroatoms. The average molecular weight is 260 g/mol. The number of nitrogens with one attached hydrogen (secondary N) is 1. The van der Waals surface area contributed by atoms with E-state index in [2.05, 4.69) is 5.32 Å². The van der Waals surface area contributed by atoms with Gasteiger partial charge in [0.25, 0.3) is 5.91 Å². The molecule has 102 valence electrons. The molecule has 2 aromatic rings. The van der Waals surface area contributed by atoms with Crippen molar-refractivity contribution in [3.8, 4) is 0 Å². The molecule has 0 bridgehead atoms. The third-order valence-electron chi connectivity index (χ3n) is 3.42. The van der Waals surface area contributed by atoms with Crippen molar-refractivity contribution >= 4 is 16.8 Å². The summed E-state index contributed by atoms with van der Waals surface area (Å²) in [6.07, 6.45) is 0.704. The van der Waals surface area contributed by atoms with Crippen molar-refractivity contribution in [2.45, 2.75) is 13.3 Å². The van der Waals surface area contributed by atoms with Gasteiger partial charge < -0.3 is 15.0 Å². The minimum absolute atomic E-state index is 0.0662.